The number of aliphatic hydroxyl groups is 7. The van der Waals surface area contributed by atoms with Crippen LogP contribution < -0.4 is 0 Å². The highest BCUT2D eigenvalue weighted by atomic mass is 16.7. The van der Waals surface area contributed by atoms with Crippen molar-refractivity contribution in [2.45, 2.75) is 306 Å². The summed E-state index contributed by atoms with van der Waals surface area (Å²) < 4.78 is 33.7. The van der Waals surface area contributed by atoms with Crippen molar-refractivity contribution in [2.24, 2.45) is 0 Å². The van der Waals surface area contributed by atoms with Gasteiger partial charge in [0.2, 0.25) is 0 Å². The zero-order valence-corrected chi connectivity index (χ0v) is 44.5. The topological polar surface area (TPSA) is 231 Å². The van der Waals surface area contributed by atoms with E-state index in [2.05, 4.69) is 26.0 Å². The summed E-state index contributed by atoms with van der Waals surface area (Å²) in [7, 11) is 0. The first kappa shape index (κ1) is 65.4. The highest BCUT2D eigenvalue weighted by Crippen LogP contribution is 2.27. The number of unbranched alkanes of at least 4 members (excludes halogenated alkanes) is 30. The Kier molecular flexibility index (Phi) is 40.0. The fourth-order valence-corrected chi connectivity index (χ4v) is 9.27. The molecule has 0 spiro atoms. The molecule has 418 valence electrons. The molecule has 2 saturated heterocycles. The van der Waals surface area contributed by atoms with E-state index < -0.39 is 92.7 Å². The van der Waals surface area contributed by atoms with Crippen LogP contribution in [-0.4, -0.2) is 142 Å². The zero-order chi connectivity index (χ0) is 51.7. The minimum Gasteiger partial charge on any atom is -0.462 e. The third-order valence-corrected chi connectivity index (χ3v) is 14.0. The van der Waals surface area contributed by atoms with Gasteiger partial charge in [0.1, 0.15) is 55.4 Å². The molecule has 7 N–H and O–H groups in total. The molecule has 2 aliphatic rings. The van der Waals surface area contributed by atoms with Crippen molar-refractivity contribution in [3.8, 4) is 0 Å². The second-order valence-corrected chi connectivity index (χ2v) is 20.5. The maximum Gasteiger partial charge on any atom is 0.306 e. The van der Waals surface area contributed by atoms with Crippen LogP contribution in [-0.2, 0) is 38.0 Å². The summed E-state index contributed by atoms with van der Waals surface area (Å²) in [6.45, 7) is 2.63. The van der Waals surface area contributed by atoms with Crippen molar-refractivity contribution in [3.63, 3.8) is 0 Å². The second-order valence-electron chi connectivity index (χ2n) is 20.5. The molecule has 0 amide bonds. The summed E-state index contributed by atoms with van der Waals surface area (Å²) in [5.41, 5.74) is 0. The molecule has 0 aromatic heterocycles. The number of ether oxygens (including phenoxy) is 6. The molecule has 15 nitrogen and oxygen atoms in total. The van der Waals surface area contributed by atoms with E-state index in [0.717, 1.165) is 38.5 Å². The van der Waals surface area contributed by atoms with Gasteiger partial charge in [0, 0.05) is 12.8 Å². The predicted molar refractivity (Wildman–Crippen MR) is 275 cm³/mol. The summed E-state index contributed by atoms with van der Waals surface area (Å²) >= 11 is 0. The monoisotopic (exact) mass is 1020 g/mol. The van der Waals surface area contributed by atoms with Gasteiger partial charge in [-0.2, -0.15) is 0 Å². The first-order chi connectivity index (χ1) is 34.5. The molecule has 2 rings (SSSR count). The fourth-order valence-electron chi connectivity index (χ4n) is 9.27. The number of carbonyl (C=O) groups is 2. The van der Waals surface area contributed by atoms with Crippen LogP contribution in [0.2, 0.25) is 0 Å². The van der Waals surface area contributed by atoms with Crippen molar-refractivity contribution in [3.05, 3.63) is 12.2 Å². The number of aliphatic hydroxyl groups excluding tert-OH is 7. The zero-order valence-electron chi connectivity index (χ0n) is 44.5. The Balaban J connectivity index is 1.75. The highest BCUT2D eigenvalue weighted by molar-refractivity contribution is 5.70. The lowest BCUT2D eigenvalue weighted by Crippen LogP contribution is -2.61. The van der Waals surface area contributed by atoms with Crippen molar-refractivity contribution in [1.29, 1.82) is 0 Å². The predicted octanol–water partition coefficient (Wildman–Crippen LogP) is 9.33. The number of hydrogen-bond acceptors (Lipinski definition) is 15. The molecule has 11 atom stereocenters. The number of carbonyl (C=O) groups excluding carboxylic acids is 2. The van der Waals surface area contributed by atoms with Crippen LogP contribution in [0.25, 0.3) is 0 Å². The Morgan fingerprint density at radius 3 is 1.24 bits per heavy atom. The van der Waals surface area contributed by atoms with Crippen molar-refractivity contribution in [2.75, 3.05) is 26.4 Å². The van der Waals surface area contributed by atoms with E-state index in [9.17, 15) is 45.3 Å². The molecular formula is C56H104O15. The third kappa shape index (κ3) is 31.0. The van der Waals surface area contributed by atoms with E-state index in [1.165, 1.54) is 161 Å². The molecule has 0 radical (unpaired) electrons. The lowest BCUT2D eigenvalue weighted by Gasteiger charge is -2.42. The lowest BCUT2D eigenvalue weighted by atomic mass is 9.98. The molecule has 0 aliphatic carbocycles. The second kappa shape index (κ2) is 43.5. The van der Waals surface area contributed by atoms with E-state index in [4.69, 9.17) is 28.4 Å². The van der Waals surface area contributed by atoms with Crippen molar-refractivity contribution in [1.82, 2.24) is 0 Å². The van der Waals surface area contributed by atoms with Gasteiger partial charge in [0.15, 0.2) is 18.7 Å². The number of hydrogen-bond donors (Lipinski definition) is 7. The van der Waals surface area contributed by atoms with Crippen LogP contribution in [0.1, 0.15) is 239 Å². The lowest BCUT2D eigenvalue weighted by molar-refractivity contribution is -0.332. The Labute approximate surface area is 429 Å². The minimum atomic E-state index is -1.76. The standard InChI is InChI=1S/C56H104O15/c1-3-5-7-9-11-13-15-17-19-21-22-23-25-26-28-30-32-34-36-38-47(58)66-41-44(69-48(59)39-37-35-33-31-29-27-24-20-18-16-14-12-10-8-6-4-2)42-67-55-54(65)52(63)50(61)46(71-55)43-68-56-53(64)51(62)49(60)45(40-57)70-56/h17,19,44-46,49-57,60-65H,3-16,18,20-43H2,1-2H3/b19-17+/t44-,45+,46+,49-,50-,51?,52?,53?,54?,55+,56+/m0/s1. The van der Waals surface area contributed by atoms with Crippen LogP contribution in [0.15, 0.2) is 12.2 Å². The van der Waals surface area contributed by atoms with E-state index in [0.29, 0.717) is 12.8 Å². The third-order valence-electron chi connectivity index (χ3n) is 14.0. The van der Waals surface area contributed by atoms with E-state index in [1.807, 2.05) is 0 Å². The van der Waals surface area contributed by atoms with Crippen LogP contribution >= 0.6 is 0 Å². The van der Waals surface area contributed by atoms with E-state index >= 15 is 0 Å². The molecule has 0 aromatic rings. The average Bonchev–Trinajstić information content (AvgIpc) is 3.36. The van der Waals surface area contributed by atoms with Gasteiger partial charge in [-0.25, -0.2) is 0 Å². The SMILES string of the molecule is CCCCCCCC/C=C/CCCCCCCCCCCC(=O)OC[C@@H](CO[C@@H]1O[C@H](CO[C@@H]2O[C@H](CO)[C@H](O)C(O)C2O)[C@H](O)C(O)C1O)OC(=O)CCCCCCCCCCCCCCCCCC. The van der Waals surface area contributed by atoms with E-state index in [1.54, 1.807) is 0 Å². The Morgan fingerprint density at radius 1 is 0.437 bits per heavy atom. The molecular weight excluding hydrogens is 913 g/mol. The molecule has 2 aliphatic heterocycles. The van der Waals surface area contributed by atoms with Crippen LogP contribution in [0.4, 0.5) is 0 Å². The van der Waals surface area contributed by atoms with Crippen LogP contribution in [0.5, 0.6) is 0 Å². The van der Waals surface area contributed by atoms with Crippen molar-refractivity contribution >= 4 is 11.9 Å². The van der Waals surface area contributed by atoms with E-state index in [-0.39, 0.29) is 26.1 Å². The molecule has 15 heteroatoms. The number of allylic oxidation sites excluding steroid dienone is 2. The summed E-state index contributed by atoms with van der Waals surface area (Å²) in [4.78, 5) is 25.9. The number of esters is 2. The highest BCUT2D eigenvalue weighted by Gasteiger charge is 2.47. The van der Waals surface area contributed by atoms with Gasteiger partial charge in [-0.3, -0.25) is 9.59 Å². The quantitative estimate of drug-likeness (QED) is 0.0171. The Morgan fingerprint density at radius 2 is 0.803 bits per heavy atom. The molecule has 0 saturated carbocycles. The summed E-state index contributed by atoms with van der Waals surface area (Å²) in [6, 6.07) is 0. The van der Waals surface area contributed by atoms with Gasteiger partial charge in [-0.1, -0.05) is 199 Å². The average molecular weight is 1020 g/mol. The molecule has 0 bridgehead atoms. The maximum atomic E-state index is 13.0. The van der Waals surface area contributed by atoms with Gasteiger partial charge in [0.05, 0.1) is 19.8 Å². The Bertz CT molecular complexity index is 1290. The first-order valence-electron chi connectivity index (χ1n) is 28.8. The van der Waals surface area contributed by atoms with Gasteiger partial charge >= 0.3 is 11.9 Å². The molecule has 0 aromatic carbocycles. The summed E-state index contributed by atoms with van der Waals surface area (Å²) in [6.07, 6.45) is 28.0. The van der Waals surface area contributed by atoms with Crippen molar-refractivity contribution < 1.29 is 73.8 Å². The molecule has 71 heavy (non-hydrogen) atoms. The van der Waals surface area contributed by atoms with Crippen LogP contribution in [0, 0.1) is 0 Å². The molecule has 4 unspecified atom stereocenters. The Hall–Kier alpha value is -1.76. The molecule has 2 fully saturated rings. The summed E-state index contributed by atoms with van der Waals surface area (Å²) in [5, 5.41) is 72.2. The smallest absolute Gasteiger partial charge is 0.306 e. The first-order valence-corrected chi connectivity index (χ1v) is 28.8. The van der Waals surface area contributed by atoms with Gasteiger partial charge in [0.25, 0.3) is 0 Å². The molecule has 2 heterocycles. The normalized spacial score (nSPS) is 25.2. The largest absolute Gasteiger partial charge is 0.462 e. The van der Waals surface area contributed by atoms with Gasteiger partial charge in [-0.05, 0) is 38.5 Å². The van der Waals surface area contributed by atoms with Crippen LogP contribution in [0.3, 0.4) is 0 Å². The number of rotatable bonds is 46. The summed E-state index contributed by atoms with van der Waals surface area (Å²) in [5.74, 6) is -0.912. The minimum absolute atomic E-state index is 0.171. The maximum absolute atomic E-state index is 13.0. The fraction of sp³-hybridized carbons (Fsp3) is 0.929. The van der Waals surface area contributed by atoms with Gasteiger partial charge < -0.3 is 64.2 Å². The van der Waals surface area contributed by atoms with Gasteiger partial charge in [-0.15, -0.1) is 0 Å².